The van der Waals surface area contributed by atoms with Crippen molar-refractivity contribution < 1.29 is 22.0 Å². The molecular weight excluding hydrogens is 409 g/mol. The third-order valence-corrected chi connectivity index (χ3v) is 5.01. The number of rotatable bonds is 3. The van der Waals surface area contributed by atoms with Crippen molar-refractivity contribution in [3.05, 3.63) is 82.7 Å². The highest BCUT2D eigenvalue weighted by molar-refractivity contribution is 7.79. The number of fused-ring (bicyclic) bond motifs is 3. The minimum absolute atomic E-state index is 0.173. The van der Waals surface area contributed by atoms with Crippen LogP contribution in [0.3, 0.4) is 0 Å². The van der Waals surface area contributed by atoms with Gasteiger partial charge in [-0.2, -0.15) is 0 Å². The fraction of sp³-hybridized carbons (Fsp3) is 0.0500. The monoisotopic (exact) mass is 421 g/mol. The lowest BCUT2D eigenvalue weighted by Gasteiger charge is -2.12. The molecule has 4 rings (SSSR count). The lowest BCUT2D eigenvalue weighted by Crippen LogP contribution is -2.12. The summed E-state index contributed by atoms with van der Waals surface area (Å²) in [6, 6.07) is 11.9. The van der Waals surface area contributed by atoms with Crippen LogP contribution < -0.4 is 5.73 Å². The second-order valence-corrected chi connectivity index (χ2v) is 6.57. The number of nitrogens with zero attached hydrogens (tertiary/aromatic N) is 2. The van der Waals surface area contributed by atoms with Gasteiger partial charge in [0, 0.05) is 32.9 Å². The number of aromatic nitrogens is 1. The molecule has 0 fully saturated rings. The van der Waals surface area contributed by atoms with Gasteiger partial charge in [-0.15, -0.1) is 0 Å². The zero-order valence-corrected chi connectivity index (χ0v) is 15.5. The zero-order chi connectivity index (χ0) is 20.9. The van der Waals surface area contributed by atoms with E-state index in [4.69, 9.17) is 5.73 Å². The molecule has 0 aliphatic rings. The van der Waals surface area contributed by atoms with E-state index in [1.807, 2.05) is 0 Å². The van der Waals surface area contributed by atoms with Crippen LogP contribution in [-0.4, -0.2) is 10.4 Å². The lowest BCUT2D eigenvalue weighted by atomic mass is 10.1. The fourth-order valence-electron chi connectivity index (χ4n) is 3.39. The molecule has 2 N–H and O–H groups in total. The van der Waals surface area contributed by atoms with Gasteiger partial charge in [-0.3, -0.25) is 0 Å². The van der Waals surface area contributed by atoms with Gasteiger partial charge in [-0.25, -0.2) is 26.3 Å². The number of hydrogen-bond donors (Lipinski definition) is 2. The fourth-order valence-corrected chi connectivity index (χ4v) is 3.50. The van der Waals surface area contributed by atoms with E-state index in [1.54, 1.807) is 42.5 Å². The highest BCUT2D eigenvalue weighted by Gasteiger charge is 2.26. The maximum absolute atomic E-state index is 14.2. The number of nitrogens with two attached hydrogens (primary N) is 1. The molecule has 148 valence electrons. The van der Waals surface area contributed by atoms with Crippen molar-refractivity contribution in [3.63, 3.8) is 0 Å². The second-order valence-electron chi connectivity index (χ2n) is 6.37. The maximum atomic E-state index is 14.2. The van der Waals surface area contributed by atoms with Gasteiger partial charge in [0.1, 0.15) is 5.84 Å². The van der Waals surface area contributed by atoms with Crippen LogP contribution in [0.4, 0.5) is 22.0 Å². The molecule has 1 heterocycles. The van der Waals surface area contributed by atoms with Crippen LogP contribution in [0.5, 0.6) is 0 Å². The van der Waals surface area contributed by atoms with E-state index in [9.17, 15) is 22.0 Å². The van der Waals surface area contributed by atoms with E-state index < -0.39 is 41.2 Å². The molecule has 0 aliphatic heterocycles. The number of thiol groups is 1. The molecule has 0 atom stereocenters. The van der Waals surface area contributed by atoms with Gasteiger partial charge < -0.3 is 10.3 Å². The van der Waals surface area contributed by atoms with E-state index in [0.717, 1.165) is 5.39 Å². The Kier molecular flexibility index (Phi) is 4.70. The normalized spacial score (nSPS) is 12.3. The summed E-state index contributed by atoms with van der Waals surface area (Å²) in [5, 5.41) is 1.40. The van der Waals surface area contributed by atoms with E-state index in [2.05, 4.69) is 17.2 Å². The van der Waals surface area contributed by atoms with Crippen molar-refractivity contribution in [1.82, 2.24) is 4.57 Å². The van der Waals surface area contributed by atoms with Crippen molar-refractivity contribution in [2.24, 2.45) is 10.1 Å². The SMILES string of the molecule is N/C(=N\S)c1ccc2c(c1)c1ccccc1n2Cc1c(F)c(F)c(F)c(F)c1F. The minimum Gasteiger partial charge on any atom is -0.383 e. The molecule has 4 aromatic rings. The number of amidine groups is 1. The molecule has 3 nitrogen and oxygen atoms in total. The van der Waals surface area contributed by atoms with Crippen molar-refractivity contribution in [1.29, 1.82) is 0 Å². The first-order chi connectivity index (χ1) is 13.8. The summed E-state index contributed by atoms with van der Waals surface area (Å²) in [5.74, 6) is -9.66. The third kappa shape index (κ3) is 2.93. The van der Waals surface area contributed by atoms with Crippen molar-refractivity contribution in [2.75, 3.05) is 0 Å². The van der Waals surface area contributed by atoms with E-state index in [0.29, 0.717) is 22.0 Å². The first-order valence-electron chi connectivity index (χ1n) is 8.34. The molecule has 0 amide bonds. The average molecular weight is 421 g/mol. The Morgan fingerprint density at radius 2 is 1.41 bits per heavy atom. The van der Waals surface area contributed by atoms with Crippen molar-refractivity contribution in [2.45, 2.75) is 6.54 Å². The Hall–Kier alpha value is -3.07. The summed E-state index contributed by atoms with van der Waals surface area (Å²) in [6.45, 7) is -0.550. The smallest absolute Gasteiger partial charge is 0.200 e. The summed E-state index contributed by atoms with van der Waals surface area (Å²) in [5.41, 5.74) is 6.55. The molecule has 0 saturated heterocycles. The summed E-state index contributed by atoms with van der Waals surface area (Å²) in [4.78, 5) is 0. The first-order valence-corrected chi connectivity index (χ1v) is 8.74. The van der Waals surface area contributed by atoms with Crippen LogP contribution in [0.15, 0.2) is 46.9 Å². The molecule has 0 bridgehead atoms. The molecule has 3 aromatic carbocycles. The van der Waals surface area contributed by atoms with Gasteiger partial charge in [-0.1, -0.05) is 18.2 Å². The van der Waals surface area contributed by atoms with Crippen LogP contribution in [0.2, 0.25) is 0 Å². The Morgan fingerprint density at radius 3 is 2.07 bits per heavy atom. The predicted molar refractivity (Wildman–Crippen MR) is 104 cm³/mol. The summed E-state index contributed by atoms with van der Waals surface area (Å²) in [7, 11) is 0. The van der Waals surface area contributed by atoms with Gasteiger partial charge >= 0.3 is 0 Å². The third-order valence-electron chi connectivity index (χ3n) is 4.79. The molecule has 0 aliphatic carbocycles. The average Bonchev–Trinajstić information content (AvgIpc) is 3.06. The zero-order valence-electron chi connectivity index (χ0n) is 14.6. The Balaban J connectivity index is 2.00. The van der Waals surface area contributed by atoms with Gasteiger partial charge in [0.2, 0.25) is 5.82 Å². The molecule has 0 radical (unpaired) electrons. The number of hydrogen-bond acceptors (Lipinski definition) is 2. The Labute approximate surface area is 166 Å². The van der Waals surface area contributed by atoms with Gasteiger partial charge in [-0.05, 0) is 37.1 Å². The van der Waals surface area contributed by atoms with Crippen LogP contribution in [0.25, 0.3) is 21.8 Å². The number of para-hydroxylation sites is 1. The Morgan fingerprint density at radius 1 is 0.828 bits per heavy atom. The van der Waals surface area contributed by atoms with E-state index in [-0.39, 0.29) is 5.84 Å². The number of benzene rings is 3. The molecule has 0 spiro atoms. The van der Waals surface area contributed by atoms with Crippen LogP contribution in [0.1, 0.15) is 11.1 Å². The van der Waals surface area contributed by atoms with Gasteiger partial charge in [0.05, 0.1) is 6.54 Å². The molecule has 0 saturated carbocycles. The maximum Gasteiger partial charge on any atom is 0.200 e. The van der Waals surface area contributed by atoms with Gasteiger partial charge in [0.15, 0.2) is 23.3 Å². The molecule has 9 heteroatoms. The largest absolute Gasteiger partial charge is 0.383 e. The van der Waals surface area contributed by atoms with Crippen LogP contribution >= 0.6 is 12.8 Å². The van der Waals surface area contributed by atoms with Gasteiger partial charge in [0.25, 0.3) is 0 Å². The molecule has 29 heavy (non-hydrogen) atoms. The minimum atomic E-state index is -2.18. The van der Waals surface area contributed by atoms with E-state index >= 15 is 0 Å². The Bertz CT molecular complexity index is 1280. The predicted octanol–water partition coefficient (Wildman–Crippen LogP) is 5.09. The lowest BCUT2D eigenvalue weighted by molar-refractivity contribution is 0.369. The highest BCUT2D eigenvalue weighted by Crippen LogP contribution is 2.32. The summed E-state index contributed by atoms with van der Waals surface area (Å²) in [6.07, 6.45) is 0. The highest BCUT2D eigenvalue weighted by atomic mass is 32.1. The van der Waals surface area contributed by atoms with Crippen molar-refractivity contribution in [3.8, 4) is 0 Å². The summed E-state index contributed by atoms with van der Waals surface area (Å²) < 4.78 is 74.2. The number of halogens is 5. The molecule has 1 aromatic heterocycles. The molecule has 0 unspecified atom stereocenters. The topological polar surface area (TPSA) is 43.3 Å². The quantitative estimate of drug-likeness (QED) is 0.119. The van der Waals surface area contributed by atoms with E-state index in [1.165, 1.54) is 4.57 Å². The first kappa shape index (κ1) is 19.3. The van der Waals surface area contributed by atoms with Crippen molar-refractivity contribution >= 4 is 40.5 Å². The van der Waals surface area contributed by atoms with Crippen LogP contribution in [-0.2, 0) is 6.54 Å². The second kappa shape index (κ2) is 7.07. The standard InChI is InChI=1S/C20H12F5N3S/c21-15-12(16(22)18(24)19(25)17(15)23)8-28-13-4-2-1-3-10(13)11-7-9(20(26)27-29)5-6-14(11)28/h1-7,29H,8H2,(H2,26,27). The summed E-state index contributed by atoms with van der Waals surface area (Å²) >= 11 is 3.79. The molecular formula is C20H12F5N3S. The van der Waals surface area contributed by atoms with Crippen LogP contribution in [0, 0.1) is 29.1 Å².